The van der Waals surface area contributed by atoms with Gasteiger partial charge in [0.1, 0.15) is 0 Å². The van der Waals surface area contributed by atoms with Crippen LogP contribution in [0.15, 0.2) is 0 Å². The van der Waals surface area contributed by atoms with E-state index in [9.17, 15) is 0 Å². The van der Waals surface area contributed by atoms with Crippen LogP contribution < -0.4 is 0 Å². The molecule has 0 heteroatoms. The van der Waals surface area contributed by atoms with Crippen LogP contribution in [0.2, 0.25) is 0 Å². The molecular weight excluding hydrogens is 144 g/mol. The Morgan fingerprint density at radius 2 is 1.83 bits per heavy atom. The Morgan fingerprint density at radius 3 is 2.25 bits per heavy atom. The van der Waals surface area contributed by atoms with Gasteiger partial charge in [0.15, 0.2) is 0 Å². The third-order valence-corrected chi connectivity index (χ3v) is 4.31. The van der Waals surface area contributed by atoms with Crippen LogP contribution in [0, 0.1) is 29.6 Å². The van der Waals surface area contributed by atoms with Crippen LogP contribution in [-0.2, 0) is 0 Å². The Balaban J connectivity index is 1.93. The smallest absolute Gasteiger partial charge is 0.0329 e. The van der Waals surface area contributed by atoms with Crippen LogP contribution in [0.4, 0.5) is 0 Å². The van der Waals surface area contributed by atoms with Crippen molar-refractivity contribution in [3.8, 4) is 0 Å². The van der Waals surface area contributed by atoms with Crippen molar-refractivity contribution >= 4 is 0 Å². The van der Waals surface area contributed by atoms with E-state index in [1.807, 2.05) is 0 Å². The second-order valence-electron chi connectivity index (χ2n) is 5.18. The molecule has 4 atom stereocenters. The summed E-state index contributed by atoms with van der Waals surface area (Å²) >= 11 is 0. The van der Waals surface area contributed by atoms with Gasteiger partial charge in [-0.25, -0.2) is 0 Å². The van der Waals surface area contributed by atoms with E-state index in [1.54, 1.807) is 12.8 Å². The lowest BCUT2D eigenvalue weighted by Gasteiger charge is -2.61. The highest BCUT2D eigenvalue weighted by molar-refractivity contribution is 5.03. The molecule has 70 valence electrons. The zero-order chi connectivity index (χ0) is 8.72. The van der Waals surface area contributed by atoms with E-state index in [4.69, 9.17) is 0 Å². The Kier molecular flexibility index (Phi) is 2.18. The minimum absolute atomic E-state index is 0.947. The Bertz CT molecular complexity index is 159. The molecule has 2 aliphatic carbocycles. The van der Waals surface area contributed by atoms with Gasteiger partial charge in [-0.1, -0.05) is 33.6 Å². The largest absolute Gasteiger partial charge is 0.0654 e. The van der Waals surface area contributed by atoms with Crippen LogP contribution in [0.25, 0.3) is 0 Å². The van der Waals surface area contributed by atoms with Gasteiger partial charge in [0, 0.05) is 0 Å². The summed E-state index contributed by atoms with van der Waals surface area (Å²) in [7, 11) is 0. The summed E-state index contributed by atoms with van der Waals surface area (Å²) in [5.74, 6) is 5.49. The van der Waals surface area contributed by atoms with Crippen molar-refractivity contribution in [2.24, 2.45) is 29.6 Å². The normalized spacial score (nSPS) is 45.0. The predicted molar refractivity (Wildman–Crippen MR) is 52.9 cm³/mol. The standard InChI is InChI=1S/C12H22/c1-4-5-10-9-6-7-11(9)12(10)8(2)3/h8-12H,4-7H2,1-3H3. The maximum atomic E-state index is 2.42. The summed E-state index contributed by atoms with van der Waals surface area (Å²) in [6.07, 6.45) is 6.01. The van der Waals surface area contributed by atoms with Crippen LogP contribution in [-0.4, -0.2) is 0 Å². The van der Waals surface area contributed by atoms with Crippen molar-refractivity contribution in [2.75, 3.05) is 0 Å². The summed E-state index contributed by atoms with van der Waals surface area (Å²) < 4.78 is 0. The maximum absolute atomic E-state index is 2.42. The van der Waals surface area contributed by atoms with Crippen LogP contribution in [0.5, 0.6) is 0 Å². The lowest BCUT2D eigenvalue weighted by atomic mass is 9.44. The SMILES string of the molecule is CCCC1C2CCC2C1C(C)C. The molecule has 0 amide bonds. The van der Waals surface area contributed by atoms with Gasteiger partial charge in [-0.3, -0.25) is 0 Å². The molecule has 0 N–H and O–H groups in total. The van der Waals surface area contributed by atoms with Crippen molar-refractivity contribution < 1.29 is 0 Å². The summed E-state index contributed by atoms with van der Waals surface area (Å²) in [6.45, 7) is 7.17. The summed E-state index contributed by atoms with van der Waals surface area (Å²) in [5, 5.41) is 0. The minimum Gasteiger partial charge on any atom is -0.0654 e. The molecule has 0 bridgehead atoms. The average molecular weight is 166 g/mol. The van der Waals surface area contributed by atoms with Gasteiger partial charge >= 0.3 is 0 Å². The fourth-order valence-corrected chi connectivity index (χ4v) is 3.75. The molecule has 2 saturated carbocycles. The molecule has 0 saturated heterocycles. The lowest BCUT2D eigenvalue weighted by Crippen LogP contribution is -2.55. The third kappa shape index (κ3) is 1.03. The van der Waals surface area contributed by atoms with Crippen molar-refractivity contribution in [2.45, 2.75) is 46.5 Å². The van der Waals surface area contributed by atoms with Crippen molar-refractivity contribution in [1.82, 2.24) is 0 Å². The fraction of sp³-hybridized carbons (Fsp3) is 1.00. The first kappa shape index (κ1) is 8.59. The monoisotopic (exact) mass is 166 g/mol. The van der Waals surface area contributed by atoms with E-state index in [1.165, 1.54) is 12.8 Å². The molecule has 0 aromatic rings. The van der Waals surface area contributed by atoms with Gasteiger partial charge in [0.25, 0.3) is 0 Å². The van der Waals surface area contributed by atoms with E-state index in [0.717, 1.165) is 29.6 Å². The van der Waals surface area contributed by atoms with Crippen LogP contribution in [0.3, 0.4) is 0 Å². The quantitative estimate of drug-likeness (QED) is 0.599. The van der Waals surface area contributed by atoms with Gasteiger partial charge in [-0.15, -0.1) is 0 Å². The molecule has 0 aromatic carbocycles. The van der Waals surface area contributed by atoms with Gasteiger partial charge in [0.05, 0.1) is 0 Å². The number of rotatable bonds is 3. The van der Waals surface area contributed by atoms with Crippen LogP contribution >= 0.6 is 0 Å². The van der Waals surface area contributed by atoms with E-state index in [0.29, 0.717) is 0 Å². The van der Waals surface area contributed by atoms with E-state index in [-0.39, 0.29) is 0 Å². The number of fused-ring (bicyclic) bond motifs is 1. The van der Waals surface area contributed by atoms with Gasteiger partial charge in [-0.05, 0) is 42.4 Å². The van der Waals surface area contributed by atoms with Crippen molar-refractivity contribution in [1.29, 1.82) is 0 Å². The zero-order valence-corrected chi connectivity index (χ0v) is 8.72. The second-order valence-corrected chi connectivity index (χ2v) is 5.18. The molecule has 0 radical (unpaired) electrons. The third-order valence-electron chi connectivity index (χ3n) is 4.31. The Hall–Kier alpha value is 0. The van der Waals surface area contributed by atoms with Gasteiger partial charge in [-0.2, -0.15) is 0 Å². The summed E-state index contributed by atoms with van der Waals surface area (Å²) in [4.78, 5) is 0. The van der Waals surface area contributed by atoms with Gasteiger partial charge in [0.2, 0.25) is 0 Å². The molecule has 0 aromatic heterocycles. The topological polar surface area (TPSA) is 0 Å². The molecule has 4 unspecified atom stereocenters. The van der Waals surface area contributed by atoms with Crippen molar-refractivity contribution in [3.63, 3.8) is 0 Å². The molecule has 0 aliphatic heterocycles. The molecule has 2 fully saturated rings. The van der Waals surface area contributed by atoms with E-state index < -0.39 is 0 Å². The highest BCUT2D eigenvalue weighted by atomic mass is 14.6. The van der Waals surface area contributed by atoms with Gasteiger partial charge < -0.3 is 0 Å². The second kappa shape index (κ2) is 3.05. The van der Waals surface area contributed by atoms with Crippen molar-refractivity contribution in [3.05, 3.63) is 0 Å². The highest BCUT2D eigenvalue weighted by Gasteiger charge is 2.54. The zero-order valence-electron chi connectivity index (χ0n) is 8.72. The molecule has 2 rings (SSSR count). The molecular formula is C12H22. The minimum atomic E-state index is 0.947. The lowest BCUT2D eigenvalue weighted by molar-refractivity contribution is -0.127. The predicted octanol–water partition coefficient (Wildman–Crippen LogP) is 3.71. The van der Waals surface area contributed by atoms with E-state index in [2.05, 4.69) is 20.8 Å². The summed E-state index contributed by atoms with van der Waals surface area (Å²) in [5.41, 5.74) is 0. The Morgan fingerprint density at radius 1 is 1.17 bits per heavy atom. The fourth-order valence-electron chi connectivity index (χ4n) is 3.75. The molecule has 2 aliphatic rings. The average Bonchev–Trinajstić information content (AvgIpc) is 1.96. The summed E-state index contributed by atoms with van der Waals surface area (Å²) in [6, 6.07) is 0. The number of hydrogen-bond donors (Lipinski definition) is 0. The molecule has 0 spiro atoms. The first-order valence-electron chi connectivity index (χ1n) is 5.75. The molecule has 0 nitrogen and oxygen atoms in total. The first-order chi connectivity index (χ1) is 5.75. The van der Waals surface area contributed by atoms with Crippen LogP contribution in [0.1, 0.15) is 46.5 Å². The maximum Gasteiger partial charge on any atom is -0.0329 e. The molecule has 12 heavy (non-hydrogen) atoms. The Labute approximate surface area is 76.7 Å². The first-order valence-corrected chi connectivity index (χ1v) is 5.75. The molecule has 0 heterocycles. The van der Waals surface area contributed by atoms with E-state index >= 15 is 0 Å². The highest BCUT2D eigenvalue weighted by Crippen LogP contribution is 2.62. The number of hydrogen-bond acceptors (Lipinski definition) is 0.